The summed E-state index contributed by atoms with van der Waals surface area (Å²) in [5.74, 6) is 0.861. The van der Waals surface area contributed by atoms with Crippen molar-refractivity contribution >= 4 is 5.82 Å². The van der Waals surface area contributed by atoms with Crippen LogP contribution in [0.4, 0.5) is 5.82 Å². The van der Waals surface area contributed by atoms with Crippen LogP contribution in [0.2, 0.25) is 0 Å². The zero-order chi connectivity index (χ0) is 13.8. The predicted molar refractivity (Wildman–Crippen MR) is 77.3 cm³/mol. The van der Waals surface area contributed by atoms with Gasteiger partial charge in [0.05, 0.1) is 11.4 Å². The number of aromatic nitrogens is 3. The first-order valence-electron chi connectivity index (χ1n) is 6.54. The Morgan fingerprint density at radius 1 is 1.11 bits per heavy atom. The molecule has 19 heavy (non-hydrogen) atoms. The fourth-order valence-electron chi connectivity index (χ4n) is 1.99. The number of hydrogen-bond acceptors (Lipinski definition) is 4. The van der Waals surface area contributed by atoms with Crippen molar-refractivity contribution in [2.75, 3.05) is 5.32 Å². The molecule has 100 valence electrons. The minimum atomic E-state index is 0.268. The van der Waals surface area contributed by atoms with Crippen molar-refractivity contribution in [1.29, 1.82) is 0 Å². The standard InChI is InChI=1S/C15H20N4/c1-10-6-5-7-14(17-10)8-11(2)18-15-13(4)16-9-12(3)19-15/h5-7,9,11H,8H2,1-4H3,(H,18,19). The van der Waals surface area contributed by atoms with Crippen LogP contribution < -0.4 is 5.32 Å². The molecule has 2 aromatic rings. The fourth-order valence-corrected chi connectivity index (χ4v) is 1.99. The number of aryl methyl sites for hydroxylation is 3. The Hall–Kier alpha value is -1.97. The lowest BCUT2D eigenvalue weighted by atomic mass is 10.1. The second kappa shape index (κ2) is 5.78. The summed E-state index contributed by atoms with van der Waals surface area (Å²) in [5.41, 5.74) is 4.00. The molecular formula is C15H20N4. The quantitative estimate of drug-likeness (QED) is 0.914. The van der Waals surface area contributed by atoms with Crippen molar-refractivity contribution in [1.82, 2.24) is 15.0 Å². The van der Waals surface area contributed by atoms with Gasteiger partial charge in [-0.1, -0.05) is 6.07 Å². The molecule has 1 unspecified atom stereocenters. The van der Waals surface area contributed by atoms with Gasteiger partial charge in [-0.05, 0) is 39.8 Å². The van der Waals surface area contributed by atoms with Gasteiger partial charge in [-0.2, -0.15) is 0 Å². The van der Waals surface area contributed by atoms with Crippen LogP contribution in [0.25, 0.3) is 0 Å². The van der Waals surface area contributed by atoms with E-state index in [1.165, 1.54) is 0 Å². The third-order valence-corrected chi connectivity index (χ3v) is 2.92. The highest BCUT2D eigenvalue weighted by molar-refractivity contribution is 5.40. The maximum absolute atomic E-state index is 4.52. The Bertz CT molecular complexity index is 566. The summed E-state index contributed by atoms with van der Waals surface area (Å²) in [5, 5.41) is 3.41. The minimum absolute atomic E-state index is 0.268. The third kappa shape index (κ3) is 3.74. The van der Waals surface area contributed by atoms with Crippen LogP contribution in [0.3, 0.4) is 0 Å². The van der Waals surface area contributed by atoms with Crippen LogP contribution in [0, 0.1) is 20.8 Å². The number of anilines is 1. The second-order valence-corrected chi connectivity index (χ2v) is 4.97. The van der Waals surface area contributed by atoms with Gasteiger partial charge in [-0.15, -0.1) is 0 Å². The van der Waals surface area contributed by atoms with Gasteiger partial charge < -0.3 is 5.32 Å². The van der Waals surface area contributed by atoms with E-state index in [9.17, 15) is 0 Å². The first kappa shape index (κ1) is 13.5. The Morgan fingerprint density at radius 2 is 1.89 bits per heavy atom. The van der Waals surface area contributed by atoms with Crippen LogP contribution in [0.15, 0.2) is 24.4 Å². The maximum atomic E-state index is 4.52. The van der Waals surface area contributed by atoms with E-state index >= 15 is 0 Å². The second-order valence-electron chi connectivity index (χ2n) is 4.97. The van der Waals surface area contributed by atoms with Gasteiger partial charge in [0.2, 0.25) is 0 Å². The van der Waals surface area contributed by atoms with E-state index in [0.717, 1.165) is 35.0 Å². The predicted octanol–water partition coefficient (Wildman–Crippen LogP) is 2.84. The normalized spacial score (nSPS) is 12.2. The van der Waals surface area contributed by atoms with Gasteiger partial charge in [0.1, 0.15) is 5.82 Å². The van der Waals surface area contributed by atoms with Gasteiger partial charge in [0.15, 0.2) is 0 Å². The van der Waals surface area contributed by atoms with Crippen LogP contribution in [0.5, 0.6) is 0 Å². The molecule has 0 aliphatic carbocycles. The summed E-state index contributed by atoms with van der Waals surface area (Å²) in [6.45, 7) is 8.06. The van der Waals surface area contributed by atoms with Gasteiger partial charge in [0.25, 0.3) is 0 Å². The molecule has 1 atom stereocenters. The minimum Gasteiger partial charge on any atom is -0.366 e. The van der Waals surface area contributed by atoms with E-state index in [1.54, 1.807) is 6.20 Å². The average molecular weight is 256 g/mol. The number of hydrogen-bond donors (Lipinski definition) is 1. The molecule has 0 aliphatic heterocycles. The van der Waals surface area contributed by atoms with E-state index in [4.69, 9.17) is 0 Å². The van der Waals surface area contributed by atoms with Crippen molar-refractivity contribution in [3.8, 4) is 0 Å². The van der Waals surface area contributed by atoms with Gasteiger partial charge in [-0.25, -0.2) is 4.98 Å². The van der Waals surface area contributed by atoms with Gasteiger partial charge in [0, 0.05) is 30.0 Å². The summed E-state index contributed by atoms with van der Waals surface area (Å²) in [7, 11) is 0. The molecule has 1 N–H and O–H groups in total. The lowest BCUT2D eigenvalue weighted by molar-refractivity contribution is 0.758. The van der Waals surface area contributed by atoms with Crippen LogP contribution in [-0.2, 0) is 6.42 Å². The monoisotopic (exact) mass is 256 g/mol. The van der Waals surface area contributed by atoms with Crippen molar-refractivity contribution in [3.63, 3.8) is 0 Å². The SMILES string of the molecule is Cc1cccc(CC(C)Nc2nc(C)cnc2C)n1. The number of nitrogens with one attached hydrogen (secondary N) is 1. The van der Waals surface area contributed by atoms with Crippen LogP contribution in [0.1, 0.15) is 29.7 Å². The molecule has 0 aliphatic rings. The van der Waals surface area contributed by atoms with Crippen LogP contribution in [-0.4, -0.2) is 21.0 Å². The van der Waals surface area contributed by atoms with Crippen molar-refractivity contribution in [2.45, 2.75) is 40.2 Å². The van der Waals surface area contributed by atoms with Crippen molar-refractivity contribution in [2.24, 2.45) is 0 Å². The zero-order valence-corrected chi connectivity index (χ0v) is 11.9. The molecule has 2 aromatic heterocycles. The summed E-state index contributed by atoms with van der Waals surface area (Å²) in [4.78, 5) is 13.3. The Kier molecular flexibility index (Phi) is 4.10. The highest BCUT2D eigenvalue weighted by Crippen LogP contribution is 2.12. The lowest BCUT2D eigenvalue weighted by Gasteiger charge is -2.16. The largest absolute Gasteiger partial charge is 0.366 e. The van der Waals surface area contributed by atoms with E-state index in [2.05, 4.69) is 33.3 Å². The zero-order valence-electron chi connectivity index (χ0n) is 11.9. The van der Waals surface area contributed by atoms with Crippen LogP contribution >= 0.6 is 0 Å². The molecule has 0 saturated heterocycles. The molecule has 0 spiro atoms. The molecule has 0 aromatic carbocycles. The molecule has 0 amide bonds. The summed E-state index contributed by atoms with van der Waals surface area (Å²) >= 11 is 0. The third-order valence-electron chi connectivity index (χ3n) is 2.92. The van der Waals surface area contributed by atoms with Crippen molar-refractivity contribution in [3.05, 3.63) is 47.2 Å². The number of pyridine rings is 1. The topological polar surface area (TPSA) is 50.7 Å². The molecule has 4 heteroatoms. The molecule has 0 saturated carbocycles. The maximum Gasteiger partial charge on any atom is 0.147 e. The fraction of sp³-hybridized carbons (Fsp3) is 0.400. The van der Waals surface area contributed by atoms with E-state index in [0.29, 0.717) is 0 Å². The Morgan fingerprint density at radius 3 is 2.63 bits per heavy atom. The highest BCUT2D eigenvalue weighted by Gasteiger charge is 2.08. The lowest BCUT2D eigenvalue weighted by Crippen LogP contribution is -2.20. The average Bonchev–Trinajstić information content (AvgIpc) is 2.34. The molecule has 2 heterocycles. The molecule has 2 rings (SSSR count). The number of rotatable bonds is 4. The van der Waals surface area contributed by atoms with E-state index in [-0.39, 0.29) is 6.04 Å². The molecular weight excluding hydrogens is 236 g/mol. The summed E-state index contributed by atoms with van der Waals surface area (Å²) < 4.78 is 0. The van der Waals surface area contributed by atoms with Crippen molar-refractivity contribution < 1.29 is 0 Å². The number of nitrogens with zero attached hydrogens (tertiary/aromatic N) is 3. The molecule has 0 bridgehead atoms. The first-order valence-corrected chi connectivity index (χ1v) is 6.54. The van der Waals surface area contributed by atoms with E-state index < -0.39 is 0 Å². The summed E-state index contributed by atoms with van der Waals surface area (Å²) in [6.07, 6.45) is 2.66. The van der Waals surface area contributed by atoms with Gasteiger partial charge in [-0.3, -0.25) is 9.97 Å². The molecule has 0 radical (unpaired) electrons. The van der Waals surface area contributed by atoms with E-state index in [1.807, 2.05) is 32.9 Å². The summed E-state index contributed by atoms with van der Waals surface area (Å²) in [6, 6.07) is 6.38. The molecule has 4 nitrogen and oxygen atoms in total. The first-order chi connectivity index (χ1) is 9.04. The Labute approximate surface area is 114 Å². The Balaban J connectivity index is 2.05. The molecule has 0 fully saturated rings. The van der Waals surface area contributed by atoms with Gasteiger partial charge >= 0.3 is 0 Å². The highest BCUT2D eigenvalue weighted by atomic mass is 15.0. The smallest absolute Gasteiger partial charge is 0.147 e.